The van der Waals surface area contributed by atoms with Crippen molar-refractivity contribution >= 4 is 13.2 Å². The number of ether oxygens (including phenoxy) is 1. The van der Waals surface area contributed by atoms with Gasteiger partial charge in [-0.05, 0) is 23.6 Å². The second-order valence-corrected chi connectivity index (χ2v) is 12.0. The van der Waals surface area contributed by atoms with Crippen LogP contribution in [0.15, 0.2) is 103 Å². The van der Waals surface area contributed by atoms with Crippen molar-refractivity contribution in [3.63, 3.8) is 0 Å². The third kappa shape index (κ3) is 7.98. The Hall–Kier alpha value is -2.41. The maximum Gasteiger partial charge on any atom is 0.333 e. The molecule has 0 unspecified atom stereocenters. The van der Waals surface area contributed by atoms with Crippen LogP contribution >= 0.6 is 7.26 Å². The lowest BCUT2D eigenvalue weighted by Crippen LogP contribution is -3.00. The summed E-state index contributed by atoms with van der Waals surface area (Å²) >= 11 is 0. The van der Waals surface area contributed by atoms with Crippen molar-refractivity contribution in [1.29, 1.82) is 0 Å². The number of halogens is 1. The third-order valence-corrected chi connectivity index (χ3v) is 9.47. The summed E-state index contributed by atoms with van der Waals surface area (Å²) in [6, 6.07) is 32.1. The van der Waals surface area contributed by atoms with Crippen LogP contribution in [0.3, 0.4) is 0 Å². The standard InChI is InChI=1S/C27H30O2P.ClH/c1-23(2)27(28)29-18-19-30(20-24-12-6-3-7-13-24,21-25-14-8-4-9-15-25)22-26-16-10-5-11-17-26;/h3-17H,1,18-22H2,2H3;1H/q+1;/p-1. The highest BCUT2D eigenvalue weighted by molar-refractivity contribution is 7.73. The molecular weight excluding hydrogens is 423 g/mol. The van der Waals surface area contributed by atoms with Crippen LogP contribution < -0.4 is 12.4 Å². The van der Waals surface area contributed by atoms with Gasteiger partial charge in [0.15, 0.2) is 0 Å². The smallest absolute Gasteiger partial charge is 0.333 e. The first-order chi connectivity index (χ1) is 14.6. The Morgan fingerprint density at radius 1 is 0.742 bits per heavy atom. The van der Waals surface area contributed by atoms with Gasteiger partial charge in [0.25, 0.3) is 0 Å². The summed E-state index contributed by atoms with van der Waals surface area (Å²) in [7, 11) is -1.56. The average molecular weight is 453 g/mol. The van der Waals surface area contributed by atoms with E-state index in [1.165, 1.54) is 16.7 Å². The Morgan fingerprint density at radius 2 is 1.10 bits per heavy atom. The summed E-state index contributed by atoms with van der Waals surface area (Å²) < 4.78 is 5.56. The molecule has 0 saturated carbocycles. The molecule has 3 rings (SSSR count). The minimum atomic E-state index is -1.56. The Labute approximate surface area is 193 Å². The average Bonchev–Trinajstić information content (AvgIpc) is 2.75. The second-order valence-electron chi connectivity index (χ2n) is 7.91. The first-order valence-corrected chi connectivity index (χ1v) is 12.9. The normalized spacial score (nSPS) is 10.7. The van der Waals surface area contributed by atoms with Crippen LogP contribution in [0.25, 0.3) is 0 Å². The van der Waals surface area contributed by atoms with Gasteiger partial charge in [-0.3, -0.25) is 0 Å². The highest BCUT2D eigenvalue weighted by Crippen LogP contribution is 2.66. The molecule has 0 atom stereocenters. The van der Waals surface area contributed by atoms with Crippen LogP contribution in [0, 0.1) is 0 Å². The number of esters is 1. The van der Waals surface area contributed by atoms with Crippen LogP contribution in [0.5, 0.6) is 0 Å². The molecule has 0 aromatic heterocycles. The van der Waals surface area contributed by atoms with E-state index >= 15 is 0 Å². The van der Waals surface area contributed by atoms with Crippen LogP contribution in [0.1, 0.15) is 23.6 Å². The Kier molecular flexibility index (Phi) is 9.98. The minimum absolute atomic E-state index is 0. The molecule has 0 fully saturated rings. The number of carbonyl (C=O) groups is 1. The van der Waals surface area contributed by atoms with Crippen LogP contribution in [0.2, 0.25) is 0 Å². The van der Waals surface area contributed by atoms with E-state index in [9.17, 15) is 4.79 Å². The first-order valence-electron chi connectivity index (χ1n) is 10.4. The number of hydrogen-bond acceptors (Lipinski definition) is 2. The van der Waals surface area contributed by atoms with Crippen LogP contribution in [0.4, 0.5) is 0 Å². The van der Waals surface area contributed by atoms with E-state index in [2.05, 4.69) is 97.6 Å². The fourth-order valence-corrected chi connectivity index (χ4v) is 8.02. The quantitative estimate of drug-likeness (QED) is 0.266. The molecule has 0 radical (unpaired) electrons. The molecule has 0 aliphatic carbocycles. The number of carbonyl (C=O) groups excluding carboxylic acids is 1. The summed E-state index contributed by atoms with van der Waals surface area (Å²) in [6.45, 7) is 5.84. The van der Waals surface area contributed by atoms with Crippen LogP contribution in [-0.2, 0) is 28.0 Å². The molecule has 0 bridgehead atoms. The zero-order valence-electron chi connectivity index (χ0n) is 18.0. The van der Waals surface area contributed by atoms with Gasteiger partial charge in [0.1, 0.15) is 6.61 Å². The Morgan fingerprint density at radius 3 is 1.42 bits per heavy atom. The van der Waals surface area contributed by atoms with Crippen molar-refractivity contribution in [2.24, 2.45) is 0 Å². The van der Waals surface area contributed by atoms with E-state index in [4.69, 9.17) is 4.74 Å². The van der Waals surface area contributed by atoms with E-state index < -0.39 is 7.26 Å². The van der Waals surface area contributed by atoms with E-state index in [1.807, 2.05) is 0 Å². The van der Waals surface area contributed by atoms with E-state index in [0.29, 0.717) is 12.2 Å². The zero-order valence-corrected chi connectivity index (χ0v) is 19.7. The fraction of sp³-hybridized carbons (Fsp3) is 0.222. The van der Waals surface area contributed by atoms with E-state index in [1.54, 1.807) is 6.92 Å². The lowest BCUT2D eigenvalue weighted by Gasteiger charge is -2.28. The SMILES string of the molecule is C=C(C)C(=O)OCC[P+](Cc1ccccc1)(Cc1ccccc1)Cc1ccccc1.[Cl-]. The van der Waals surface area contributed by atoms with Gasteiger partial charge < -0.3 is 17.1 Å². The minimum Gasteiger partial charge on any atom is -1.00 e. The van der Waals surface area contributed by atoms with Crippen molar-refractivity contribution in [3.05, 3.63) is 120 Å². The maximum absolute atomic E-state index is 12.0. The van der Waals surface area contributed by atoms with Crippen LogP contribution in [-0.4, -0.2) is 18.7 Å². The van der Waals surface area contributed by atoms with Gasteiger partial charge in [-0.25, -0.2) is 4.79 Å². The largest absolute Gasteiger partial charge is 1.00 e. The Balaban J connectivity index is 0.00000341. The second kappa shape index (κ2) is 12.4. The zero-order chi connectivity index (χ0) is 21.2. The maximum atomic E-state index is 12.0. The summed E-state index contributed by atoms with van der Waals surface area (Å²) in [5.41, 5.74) is 4.50. The molecule has 0 spiro atoms. The topological polar surface area (TPSA) is 26.3 Å². The Bertz CT molecular complexity index is 841. The van der Waals surface area contributed by atoms with Gasteiger partial charge in [-0.15, -0.1) is 0 Å². The molecule has 0 aliphatic rings. The van der Waals surface area contributed by atoms with Gasteiger partial charge in [0.2, 0.25) is 0 Å². The molecular formula is C27H30ClO2P. The highest BCUT2D eigenvalue weighted by Gasteiger charge is 2.38. The molecule has 0 N–H and O–H groups in total. The molecule has 2 nitrogen and oxygen atoms in total. The number of benzene rings is 3. The molecule has 4 heteroatoms. The molecule has 0 amide bonds. The molecule has 31 heavy (non-hydrogen) atoms. The third-order valence-electron chi connectivity index (χ3n) is 5.23. The summed E-state index contributed by atoms with van der Waals surface area (Å²) in [5.74, 6) is -0.299. The van der Waals surface area contributed by atoms with E-state index in [-0.39, 0.29) is 18.4 Å². The number of rotatable bonds is 10. The number of hydrogen-bond donors (Lipinski definition) is 0. The van der Waals surface area contributed by atoms with Gasteiger partial charge in [-0.2, -0.15) is 0 Å². The lowest BCUT2D eigenvalue weighted by atomic mass is 10.2. The van der Waals surface area contributed by atoms with Gasteiger partial charge in [0.05, 0.1) is 24.6 Å². The predicted octanol–water partition coefficient (Wildman–Crippen LogP) is 3.73. The molecule has 3 aromatic carbocycles. The summed E-state index contributed by atoms with van der Waals surface area (Å²) in [5, 5.41) is 0. The van der Waals surface area contributed by atoms with Crippen molar-refractivity contribution in [1.82, 2.24) is 0 Å². The first kappa shape index (κ1) is 24.9. The summed E-state index contributed by atoms with van der Waals surface area (Å²) in [6.07, 6.45) is 3.98. The monoisotopic (exact) mass is 452 g/mol. The molecule has 0 aliphatic heterocycles. The molecule has 0 saturated heterocycles. The van der Waals surface area contributed by atoms with Gasteiger partial charge in [-0.1, -0.05) is 97.6 Å². The van der Waals surface area contributed by atoms with Crippen molar-refractivity contribution in [3.8, 4) is 0 Å². The summed E-state index contributed by atoms with van der Waals surface area (Å²) in [4.78, 5) is 12.0. The lowest BCUT2D eigenvalue weighted by molar-refractivity contribution is -0.138. The van der Waals surface area contributed by atoms with Crippen molar-refractivity contribution < 1.29 is 21.9 Å². The van der Waals surface area contributed by atoms with Crippen molar-refractivity contribution in [2.45, 2.75) is 25.4 Å². The predicted molar refractivity (Wildman–Crippen MR) is 128 cm³/mol. The fourth-order valence-electron chi connectivity index (χ4n) is 3.77. The molecule has 162 valence electrons. The van der Waals surface area contributed by atoms with E-state index in [0.717, 1.165) is 24.6 Å². The van der Waals surface area contributed by atoms with Gasteiger partial charge >= 0.3 is 5.97 Å². The molecule has 0 heterocycles. The van der Waals surface area contributed by atoms with Crippen molar-refractivity contribution in [2.75, 3.05) is 12.8 Å². The highest BCUT2D eigenvalue weighted by atomic mass is 35.5. The van der Waals surface area contributed by atoms with Gasteiger partial charge in [0, 0.05) is 12.8 Å². The molecule has 3 aromatic rings.